The highest BCUT2D eigenvalue weighted by Crippen LogP contribution is 2.27. The first-order valence-electron chi connectivity index (χ1n) is 6.60. The first-order valence-corrected chi connectivity index (χ1v) is 6.60. The number of benzene rings is 1. The van der Waals surface area contributed by atoms with E-state index in [0.717, 1.165) is 25.8 Å². The Morgan fingerprint density at radius 3 is 2.71 bits per heavy atom. The van der Waals surface area contributed by atoms with Crippen molar-refractivity contribution in [3.8, 4) is 0 Å². The summed E-state index contributed by atoms with van der Waals surface area (Å²) in [5.74, 6) is 0. The summed E-state index contributed by atoms with van der Waals surface area (Å²) in [5, 5.41) is 1.35. The number of hydrogen-bond acceptors (Lipinski definition) is 1. The summed E-state index contributed by atoms with van der Waals surface area (Å²) in [7, 11) is 0. The third-order valence-electron chi connectivity index (χ3n) is 3.57. The number of nitrogens with two attached hydrogens (primary N) is 1. The summed E-state index contributed by atoms with van der Waals surface area (Å²) in [6, 6.07) is 9.32. The molecule has 17 heavy (non-hydrogen) atoms. The van der Waals surface area contributed by atoms with Crippen LogP contribution >= 0.6 is 0 Å². The molecule has 1 heterocycles. The molecule has 2 aromatic rings. The van der Waals surface area contributed by atoms with E-state index in [9.17, 15) is 0 Å². The van der Waals surface area contributed by atoms with Gasteiger partial charge in [0, 0.05) is 12.2 Å². The van der Waals surface area contributed by atoms with E-state index in [-0.39, 0.29) is 0 Å². The minimum Gasteiger partial charge on any atom is -0.344 e. The lowest BCUT2D eigenvalue weighted by Crippen LogP contribution is -2.13. The second kappa shape index (κ2) is 5.37. The minimum absolute atomic E-state index is 0.533. The van der Waals surface area contributed by atoms with Crippen LogP contribution in [0.3, 0.4) is 0 Å². The molecule has 0 amide bonds. The van der Waals surface area contributed by atoms with Gasteiger partial charge in [-0.1, -0.05) is 32.0 Å². The van der Waals surface area contributed by atoms with Gasteiger partial charge in [-0.3, -0.25) is 0 Å². The lowest BCUT2D eigenvalue weighted by atomic mass is 10.1. The van der Waals surface area contributed by atoms with Crippen molar-refractivity contribution >= 4 is 10.9 Å². The molecule has 0 aliphatic carbocycles. The highest BCUT2D eigenvalue weighted by Gasteiger charge is 2.12. The summed E-state index contributed by atoms with van der Waals surface area (Å²) in [4.78, 5) is 0. The maximum Gasteiger partial charge on any atom is 0.0515 e. The van der Waals surface area contributed by atoms with Gasteiger partial charge in [0.15, 0.2) is 0 Å². The number of aromatic nitrogens is 1. The van der Waals surface area contributed by atoms with Crippen LogP contribution in [0, 0.1) is 0 Å². The molecule has 0 bridgehead atoms. The van der Waals surface area contributed by atoms with Crippen LogP contribution in [-0.4, -0.2) is 11.1 Å². The lowest BCUT2D eigenvalue weighted by Gasteiger charge is -2.19. The van der Waals surface area contributed by atoms with Gasteiger partial charge in [0.1, 0.15) is 0 Å². The molecule has 1 atom stereocenters. The molecule has 1 aromatic carbocycles. The Morgan fingerprint density at radius 1 is 1.24 bits per heavy atom. The fourth-order valence-corrected chi connectivity index (χ4v) is 2.62. The zero-order chi connectivity index (χ0) is 12.3. The maximum atomic E-state index is 5.71. The summed E-state index contributed by atoms with van der Waals surface area (Å²) >= 11 is 0. The van der Waals surface area contributed by atoms with Crippen LogP contribution in [0.2, 0.25) is 0 Å². The third-order valence-corrected chi connectivity index (χ3v) is 3.57. The van der Waals surface area contributed by atoms with Crippen molar-refractivity contribution < 1.29 is 0 Å². The summed E-state index contributed by atoms with van der Waals surface area (Å²) < 4.78 is 2.42. The van der Waals surface area contributed by atoms with Crippen molar-refractivity contribution in [1.29, 1.82) is 0 Å². The third kappa shape index (κ3) is 2.22. The van der Waals surface area contributed by atoms with E-state index in [0.29, 0.717) is 6.04 Å². The normalized spacial score (nSPS) is 13.1. The molecule has 2 rings (SSSR count). The van der Waals surface area contributed by atoms with Gasteiger partial charge in [-0.2, -0.15) is 0 Å². The predicted molar refractivity (Wildman–Crippen MR) is 74.3 cm³/mol. The van der Waals surface area contributed by atoms with E-state index in [1.165, 1.54) is 16.5 Å². The molecule has 0 spiro atoms. The highest BCUT2D eigenvalue weighted by molar-refractivity contribution is 5.83. The number of para-hydroxylation sites is 1. The van der Waals surface area contributed by atoms with E-state index in [1.807, 2.05) is 0 Å². The Labute approximate surface area is 103 Å². The van der Waals surface area contributed by atoms with Gasteiger partial charge in [0.2, 0.25) is 0 Å². The fourth-order valence-electron chi connectivity index (χ4n) is 2.62. The minimum atomic E-state index is 0.533. The van der Waals surface area contributed by atoms with E-state index >= 15 is 0 Å². The SMILES string of the molecule is CCc1cccc2ccn(C(CC)CCN)c12. The average Bonchev–Trinajstić information content (AvgIpc) is 2.79. The first kappa shape index (κ1) is 12.2. The van der Waals surface area contributed by atoms with Crippen LogP contribution < -0.4 is 5.73 Å². The van der Waals surface area contributed by atoms with E-state index in [4.69, 9.17) is 5.73 Å². The summed E-state index contributed by atoms with van der Waals surface area (Å²) in [6.07, 6.45) is 5.49. The van der Waals surface area contributed by atoms with Crippen molar-refractivity contribution in [3.05, 3.63) is 36.0 Å². The molecule has 0 radical (unpaired) electrons. The molecular formula is C15H22N2. The van der Waals surface area contributed by atoms with Crippen molar-refractivity contribution in [2.45, 2.75) is 39.2 Å². The molecular weight excluding hydrogens is 208 g/mol. The van der Waals surface area contributed by atoms with Crippen LogP contribution in [0.15, 0.2) is 30.5 Å². The van der Waals surface area contributed by atoms with E-state index in [2.05, 4.69) is 48.9 Å². The molecule has 2 nitrogen and oxygen atoms in total. The van der Waals surface area contributed by atoms with Gasteiger partial charge in [-0.05, 0) is 42.8 Å². The monoisotopic (exact) mass is 230 g/mol. The molecule has 2 heteroatoms. The van der Waals surface area contributed by atoms with Gasteiger partial charge in [-0.15, -0.1) is 0 Å². The molecule has 0 aliphatic heterocycles. The molecule has 1 aromatic heterocycles. The van der Waals surface area contributed by atoms with Gasteiger partial charge >= 0.3 is 0 Å². The van der Waals surface area contributed by atoms with E-state index < -0.39 is 0 Å². The number of fused-ring (bicyclic) bond motifs is 1. The predicted octanol–water partition coefficient (Wildman–Crippen LogP) is 3.50. The van der Waals surface area contributed by atoms with Crippen molar-refractivity contribution in [3.63, 3.8) is 0 Å². The molecule has 0 saturated carbocycles. The Hall–Kier alpha value is -1.28. The lowest BCUT2D eigenvalue weighted by molar-refractivity contribution is 0.471. The van der Waals surface area contributed by atoms with Crippen LogP contribution in [0.1, 0.15) is 38.3 Å². The molecule has 0 saturated heterocycles. The Morgan fingerprint density at radius 2 is 2.06 bits per heavy atom. The second-order valence-corrected chi connectivity index (χ2v) is 4.57. The Bertz CT molecular complexity index is 485. The molecule has 1 unspecified atom stereocenters. The zero-order valence-electron chi connectivity index (χ0n) is 10.8. The molecule has 2 N–H and O–H groups in total. The first-order chi connectivity index (χ1) is 8.31. The molecule has 0 fully saturated rings. The van der Waals surface area contributed by atoms with Gasteiger partial charge in [0.05, 0.1) is 5.52 Å². The maximum absolute atomic E-state index is 5.71. The number of hydrogen-bond donors (Lipinski definition) is 1. The van der Waals surface area contributed by atoms with Crippen molar-refractivity contribution in [2.75, 3.05) is 6.54 Å². The number of nitrogens with zero attached hydrogens (tertiary/aromatic N) is 1. The smallest absolute Gasteiger partial charge is 0.0515 e. The molecule has 92 valence electrons. The average molecular weight is 230 g/mol. The number of aryl methyl sites for hydroxylation is 1. The zero-order valence-corrected chi connectivity index (χ0v) is 10.8. The van der Waals surface area contributed by atoms with Crippen LogP contribution in [0.5, 0.6) is 0 Å². The highest BCUT2D eigenvalue weighted by atomic mass is 15.0. The van der Waals surface area contributed by atoms with Crippen molar-refractivity contribution in [1.82, 2.24) is 4.57 Å². The van der Waals surface area contributed by atoms with Gasteiger partial charge in [-0.25, -0.2) is 0 Å². The van der Waals surface area contributed by atoms with Gasteiger partial charge < -0.3 is 10.3 Å². The topological polar surface area (TPSA) is 30.9 Å². The quantitative estimate of drug-likeness (QED) is 0.837. The van der Waals surface area contributed by atoms with Crippen molar-refractivity contribution in [2.24, 2.45) is 5.73 Å². The Balaban J connectivity index is 2.53. The van der Waals surface area contributed by atoms with Crippen LogP contribution in [-0.2, 0) is 6.42 Å². The van der Waals surface area contributed by atoms with Gasteiger partial charge in [0.25, 0.3) is 0 Å². The van der Waals surface area contributed by atoms with E-state index in [1.54, 1.807) is 0 Å². The fraction of sp³-hybridized carbons (Fsp3) is 0.467. The second-order valence-electron chi connectivity index (χ2n) is 4.57. The molecule has 0 aliphatic rings. The standard InChI is InChI=1S/C15H22N2/c1-3-12-6-5-7-13-9-11-17(15(12)13)14(4-2)8-10-16/h5-7,9,11,14H,3-4,8,10,16H2,1-2H3. The van der Waals surface area contributed by atoms with Crippen LogP contribution in [0.25, 0.3) is 10.9 Å². The summed E-state index contributed by atoms with van der Waals surface area (Å²) in [6.45, 7) is 5.21. The number of rotatable bonds is 5. The van der Waals surface area contributed by atoms with Crippen LogP contribution in [0.4, 0.5) is 0 Å². The summed E-state index contributed by atoms with van der Waals surface area (Å²) in [5.41, 5.74) is 8.54. The largest absolute Gasteiger partial charge is 0.344 e. The Kier molecular flexibility index (Phi) is 3.85.